The molecule has 0 atom stereocenters. The Bertz CT molecular complexity index is 925. The largest absolute Gasteiger partial charge is 0.325 e. The van der Waals surface area contributed by atoms with Gasteiger partial charge in [-0.05, 0) is 57.1 Å². The van der Waals surface area contributed by atoms with Crippen LogP contribution in [0.3, 0.4) is 0 Å². The average molecular weight is 418 g/mol. The molecular weight excluding hydrogens is 386 g/mol. The van der Waals surface area contributed by atoms with E-state index < -0.39 is 10.0 Å². The second-order valence-corrected chi connectivity index (χ2v) is 9.48. The van der Waals surface area contributed by atoms with Crippen LogP contribution in [0.2, 0.25) is 0 Å². The Balaban J connectivity index is 1.99. The highest BCUT2D eigenvalue weighted by molar-refractivity contribution is 7.89. The van der Waals surface area contributed by atoms with Gasteiger partial charge in [0.25, 0.3) is 0 Å². The molecule has 0 saturated heterocycles. The monoisotopic (exact) mass is 417 g/mol. The minimum Gasteiger partial charge on any atom is -0.325 e. The fraction of sp³-hybridized carbons (Fsp3) is 0.409. The molecule has 0 bridgehead atoms. The number of carbonyl (C=O) groups is 1. The summed E-state index contributed by atoms with van der Waals surface area (Å²) in [6.45, 7) is 9.43. The highest BCUT2D eigenvalue weighted by Gasteiger charge is 2.22. The van der Waals surface area contributed by atoms with Crippen molar-refractivity contribution < 1.29 is 13.2 Å². The predicted octanol–water partition coefficient (Wildman–Crippen LogP) is 3.48. The van der Waals surface area contributed by atoms with Crippen molar-refractivity contribution in [2.45, 2.75) is 45.2 Å². The zero-order valence-corrected chi connectivity index (χ0v) is 18.7. The molecule has 0 saturated carbocycles. The highest BCUT2D eigenvalue weighted by Crippen LogP contribution is 2.19. The molecule has 7 heteroatoms. The number of benzene rings is 2. The lowest BCUT2D eigenvalue weighted by molar-refractivity contribution is -0.117. The maximum atomic E-state index is 12.5. The van der Waals surface area contributed by atoms with Crippen molar-refractivity contribution in [2.24, 2.45) is 0 Å². The third kappa shape index (κ3) is 6.39. The summed E-state index contributed by atoms with van der Waals surface area (Å²) in [5.41, 5.74) is 2.94. The number of nitrogens with zero attached hydrogens (tertiary/aromatic N) is 2. The summed E-state index contributed by atoms with van der Waals surface area (Å²) >= 11 is 0. The minimum atomic E-state index is -3.53. The van der Waals surface area contributed by atoms with Gasteiger partial charge in [0.2, 0.25) is 15.9 Å². The molecule has 29 heavy (non-hydrogen) atoms. The van der Waals surface area contributed by atoms with Gasteiger partial charge >= 0.3 is 0 Å². The Labute approximate surface area is 174 Å². The Morgan fingerprint density at radius 3 is 2.31 bits per heavy atom. The molecule has 2 aromatic rings. The Morgan fingerprint density at radius 1 is 1.10 bits per heavy atom. The summed E-state index contributed by atoms with van der Waals surface area (Å²) in [5.74, 6) is -0.130. The molecule has 0 aliphatic rings. The summed E-state index contributed by atoms with van der Waals surface area (Å²) in [6.07, 6.45) is 0. The first-order chi connectivity index (χ1) is 13.6. The molecule has 0 aromatic heterocycles. The van der Waals surface area contributed by atoms with Crippen molar-refractivity contribution in [3.63, 3.8) is 0 Å². The average Bonchev–Trinajstić information content (AvgIpc) is 2.67. The van der Waals surface area contributed by atoms with Gasteiger partial charge in [-0.15, -0.1) is 0 Å². The van der Waals surface area contributed by atoms with E-state index in [1.54, 1.807) is 19.2 Å². The molecule has 0 spiro atoms. The second-order valence-electron chi connectivity index (χ2n) is 7.48. The van der Waals surface area contributed by atoms with E-state index in [1.165, 1.54) is 27.6 Å². The van der Waals surface area contributed by atoms with Gasteiger partial charge in [0.05, 0.1) is 11.4 Å². The summed E-state index contributed by atoms with van der Waals surface area (Å²) in [5, 5.41) is 2.85. The predicted molar refractivity (Wildman–Crippen MR) is 117 cm³/mol. The number of aryl methyl sites for hydroxylation is 1. The minimum absolute atomic E-state index is 0.130. The molecule has 158 valence electrons. The molecule has 0 radical (unpaired) electrons. The van der Waals surface area contributed by atoms with Crippen LogP contribution in [0.4, 0.5) is 5.69 Å². The first-order valence-corrected chi connectivity index (χ1v) is 11.2. The first-order valence-electron chi connectivity index (χ1n) is 9.79. The fourth-order valence-electron chi connectivity index (χ4n) is 2.91. The SMILES string of the molecule is CCN(CC(=O)Nc1ccc(S(=O)(=O)N(C)C(C)C)cc1)Cc1cccc(C)c1. The number of anilines is 1. The van der Waals surface area contributed by atoms with E-state index >= 15 is 0 Å². The molecule has 2 aromatic carbocycles. The number of sulfonamides is 1. The van der Waals surface area contributed by atoms with Crippen LogP contribution in [0.15, 0.2) is 53.4 Å². The number of rotatable bonds is 9. The zero-order chi connectivity index (χ0) is 21.6. The molecular formula is C22H31N3O3S. The van der Waals surface area contributed by atoms with E-state index in [9.17, 15) is 13.2 Å². The van der Waals surface area contributed by atoms with Crippen LogP contribution in [-0.2, 0) is 21.4 Å². The van der Waals surface area contributed by atoms with Crippen LogP contribution in [0, 0.1) is 6.92 Å². The van der Waals surface area contributed by atoms with Gasteiger partial charge in [0.1, 0.15) is 0 Å². The third-order valence-electron chi connectivity index (χ3n) is 4.85. The summed E-state index contributed by atoms with van der Waals surface area (Å²) in [4.78, 5) is 14.7. The second kappa shape index (κ2) is 10.0. The van der Waals surface area contributed by atoms with Gasteiger partial charge in [-0.1, -0.05) is 36.8 Å². The van der Waals surface area contributed by atoms with E-state index in [2.05, 4.69) is 35.3 Å². The van der Waals surface area contributed by atoms with Crippen molar-refractivity contribution in [3.8, 4) is 0 Å². The Hall–Kier alpha value is -2.22. The van der Waals surface area contributed by atoms with Crippen LogP contribution in [0.5, 0.6) is 0 Å². The zero-order valence-electron chi connectivity index (χ0n) is 17.8. The Morgan fingerprint density at radius 2 is 1.76 bits per heavy atom. The Kier molecular flexibility index (Phi) is 7.96. The van der Waals surface area contributed by atoms with Gasteiger partial charge in [-0.25, -0.2) is 8.42 Å². The quantitative estimate of drug-likeness (QED) is 0.678. The van der Waals surface area contributed by atoms with Crippen molar-refractivity contribution in [2.75, 3.05) is 25.5 Å². The van der Waals surface area contributed by atoms with Gasteiger partial charge in [-0.3, -0.25) is 9.69 Å². The number of amides is 1. The molecule has 2 rings (SSSR count). The van der Waals surface area contributed by atoms with Crippen LogP contribution in [-0.4, -0.2) is 49.7 Å². The van der Waals surface area contributed by atoms with E-state index in [0.717, 1.165) is 6.54 Å². The van der Waals surface area contributed by atoms with E-state index in [0.29, 0.717) is 12.2 Å². The maximum Gasteiger partial charge on any atom is 0.243 e. The summed E-state index contributed by atoms with van der Waals surface area (Å²) in [6, 6.07) is 14.4. The highest BCUT2D eigenvalue weighted by atomic mass is 32.2. The van der Waals surface area contributed by atoms with Crippen molar-refractivity contribution in [1.82, 2.24) is 9.21 Å². The fourth-order valence-corrected chi connectivity index (χ4v) is 4.27. The molecule has 0 unspecified atom stereocenters. The molecule has 1 N–H and O–H groups in total. The van der Waals surface area contributed by atoms with Gasteiger partial charge in [0.15, 0.2) is 0 Å². The molecule has 0 aliphatic heterocycles. The van der Waals surface area contributed by atoms with Crippen molar-refractivity contribution in [3.05, 3.63) is 59.7 Å². The number of hydrogen-bond acceptors (Lipinski definition) is 4. The lowest BCUT2D eigenvalue weighted by Gasteiger charge is -2.21. The molecule has 6 nitrogen and oxygen atoms in total. The number of carbonyl (C=O) groups excluding carboxylic acids is 1. The van der Waals surface area contributed by atoms with Gasteiger partial charge in [0, 0.05) is 25.3 Å². The number of nitrogens with one attached hydrogen (secondary N) is 1. The molecule has 0 fully saturated rings. The summed E-state index contributed by atoms with van der Waals surface area (Å²) in [7, 11) is -1.97. The third-order valence-corrected chi connectivity index (χ3v) is 6.89. The van der Waals surface area contributed by atoms with E-state index in [4.69, 9.17) is 0 Å². The van der Waals surface area contributed by atoms with E-state index in [1.807, 2.05) is 26.8 Å². The van der Waals surface area contributed by atoms with Gasteiger partial charge < -0.3 is 5.32 Å². The van der Waals surface area contributed by atoms with Crippen LogP contribution in [0.25, 0.3) is 0 Å². The normalized spacial score (nSPS) is 12.0. The lowest BCUT2D eigenvalue weighted by Crippen LogP contribution is -2.33. The van der Waals surface area contributed by atoms with Crippen molar-refractivity contribution >= 4 is 21.6 Å². The maximum absolute atomic E-state index is 12.5. The smallest absolute Gasteiger partial charge is 0.243 e. The van der Waals surface area contributed by atoms with Crippen LogP contribution < -0.4 is 5.32 Å². The van der Waals surface area contributed by atoms with E-state index in [-0.39, 0.29) is 23.4 Å². The molecule has 1 amide bonds. The number of likely N-dealkylation sites (N-methyl/N-ethyl adjacent to an activating group) is 1. The number of hydrogen-bond donors (Lipinski definition) is 1. The first kappa shape index (κ1) is 23.1. The van der Waals surface area contributed by atoms with Crippen LogP contribution in [0.1, 0.15) is 31.9 Å². The topological polar surface area (TPSA) is 69.7 Å². The molecule has 0 heterocycles. The van der Waals surface area contributed by atoms with Crippen LogP contribution >= 0.6 is 0 Å². The molecule has 0 aliphatic carbocycles. The standard InChI is InChI=1S/C22H31N3O3S/c1-6-25(15-19-9-7-8-18(4)14-19)16-22(26)23-20-10-12-21(13-11-20)29(27,28)24(5)17(2)3/h7-14,17H,6,15-16H2,1-5H3,(H,23,26). The van der Waals surface area contributed by atoms with Gasteiger partial charge in [-0.2, -0.15) is 4.31 Å². The van der Waals surface area contributed by atoms with Crippen molar-refractivity contribution in [1.29, 1.82) is 0 Å². The summed E-state index contributed by atoms with van der Waals surface area (Å²) < 4.78 is 26.4. The lowest BCUT2D eigenvalue weighted by atomic mass is 10.1.